The summed E-state index contributed by atoms with van der Waals surface area (Å²) in [7, 11) is 0. The summed E-state index contributed by atoms with van der Waals surface area (Å²) < 4.78 is 6.52. The second kappa shape index (κ2) is 11.5. The predicted molar refractivity (Wildman–Crippen MR) is 152 cm³/mol. The first-order valence-corrected chi connectivity index (χ1v) is 13.5. The van der Waals surface area contributed by atoms with Crippen LogP contribution in [0.2, 0.25) is 0 Å². The van der Waals surface area contributed by atoms with E-state index in [1.807, 2.05) is 12.1 Å². The van der Waals surface area contributed by atoms with Crippen LogP contribution in [0.25, 0.3) is 11.1 Å². The van der Waals surface area contributed by atoms with E-state index >= 15 is 0 Å². The summed E-state index contributed by atoms with van der Waals surface area (Å²) in [4.78, 5) is 24.7. The second-order valence-electron chi connectivity index (χ2n) is 11.8. The van der Waals surface area contributed by atoms with Gasteiger partial charge in [-0.25, -0.2) is 0 Å². The predicted octanol–water partition coefficient (Wildman–Crippen LogP) is 7.78. The van der Waals surface area contributed by atoms with Gasteiger partial charge in [0.15, 0.2) is 0 Å². The van der Waals surface area contributed by atoms with Crippen molar-refractivity contribution in [3.05, 3.63) is 75.5 Å². The van der Waals surface area contributed by atoms with Crippen LogP contribution < -0.4 is 10.1 Å². The molecule has 0 saturated heterocycles. The molecule has 1 amide bonds. The molecule has 0 unspecified atom stereocenters. The fraction of sp³-hybridized carbons (Fsp3) is 0.419. The number of hydrogen-bond donors (Lipinski definition) is 2. The molecule has 1 atom stereocenters. The van der Waals surface area contributed by atoms with Gasteiger partial charge in [0.1, 0.15) is 11.9 Å². The van der Waals surface area contributed by atoms with Gasteiger partial charge in [0.25, 0.3) is 5.91 Å². The van der Waals surface area contributed by atoms with Crippen LogP contribution in [0.15, 0.2) is 54.6 Å². The summed E-state index contributed by atoms with van der Waals surface area (Å²) in [5.74, 6) is -0.401. The van der Waals surface area contributed by atoms with E-state index in [4.69, 9.17) is 9.84 Å². The first-order chi connectivity index (χ1) is 17.2. The smallest absolute Gasteiger partial charge is 0.305 e. The number of benzene rings is 2. The van der Waals surface area contributed by atoms with Gasteiger partial charge >= 0.3 is 5.97 Å². The van der Waals surface area contributed by atoms with Crippen LogP contribution in [0, 0.1) is 12.3 Å². The molecule has 37 heavy (non-hydrogen) atoms. The minimum atomic E-state index is -0.936. The molecule has 2 aromatic carbocycles. The maximum atomic E-state index is 12.5. The van der Waals surface area contributed by atoms with E-state index in [-0.39, 0.29) is 35.8 Å². The van der Waals surface area contributed by atoms with E-state index in [1.165, 1.54) is 28.0 Å². The Kier molecular flexibility index (Phi) is 8.85. The Bertz CT molecular complexity index is 1230. The molecule has 0 saturated carbocycles. The van der Waals surface area contributed by atoms with Crippen molar-refractivity contribution in [2.45, 2.75) is 72.8 Å². The highest BCUT2D eigenvalue weighted by Crippen LogP contribution is 2.38. The van der Waals surface area contributed by atoms with E-state index in [0.717, 1.165) is 22.6 Å². The van der Waals surface area contributed by atoms with Gasteiger partial charge in [-0.3, -0.25) is 9.59 Å². The molecule has 3 rings (SSSR count). The van der Waals surface area contributed by atoms with E-state index in [2.05, 4.69) is 90.2 Å². The lowest BCUT2D eigenvalue weighted by Crippen LogP contribution is -2.25. The first kappa shape index (κ1) is 28.5. The number of carboxylic acids is 1. The van der Waals surface area contributed by atoms with Gasteiger partial charge < -0.3 is 15.2 Å². The zero-order valence-corrected chi connectivity index (χ0v) is 23.8. The Balaban J connectivity index is 1.79. The molecule has 0 fully saturated rings. The summed E-state index contributed by atoms with van der Waals surface area (Å²) >= 11 is 1.39. The van der Waals surface area contributed by atoms with Crippen LogP contribution in [-0.2, 0) is 10.2 Å². The summed E-state index contributed by atoms with van der Waals surface area (Å²) in [5.41, 5.74) is 4.94. The topological polar surface area (TPSA) is 75.6 Å². The van der Waals surface area contributed by atoms with Crippen LogP contribution in [-0.4, -0.2) is 23.5 Å². The molecule has 0 radical (unpaired) electrons. The molecule has 2 N–H and O–H groups in total. The van der Waals surface area contributed by atoms with Gasteiger partial charge in [-0.15, -0.1) is 11.3 Å². The average molecular weight is 522 g/mol. The molecule has 1 aromatic heterocycles. The number of carbonyl (C=O) groups is 2. The second-order valence-corrected chi connectivity index (χ2v) is 12.9. The van der Waals surface area contributed by atoms with Crippen LogP contribution >= 0.6 is 11.3 Å². The lowest BCUT2D eigenvalue weighted by atomic mass is 9.86. The molecule has 1 heterocycles. The van der Waals surface area contributed by atoms with Gasteiger partial charge in [0.2, 0.25) is 0 Å². The molecule has 0 aliphatic carbocycles. The molecule has 0 aliphatic rings. The fourth-order valence-corrected chi connectivity index (χ4v) is 5.08. The van der Waals surface area contributed by atoms with E-state index in [1.54, 1.807) is 6.07 Å². The number of amides is 1. The number of thiophene rings is 1. The van der Waals surface area contributed by atoms with Crippen LogP contribution in [0.3, 0.4) is 0 Å². The van der Waals surface area contributed by atoms with E-state index in [0.29, 0.717) is 4.88 Å². The normalized spacial score (nSPS) is 12.7. The third-order valence-electron chi connectivity index (χ3n) is 6.13. The van der Waals surface area contributed by atoms with Crippen molar-refractivity contribution in [3.8, 4) is 16.9 Å². The minimum Gasteiger partial charge on any atom is -0.485 e. The Morgan fingerprint density at radius 3 is 2.22 bits per heavy atom. The SMILES string of the molecule is Cc1cc(O[C@H](CC(C)(C)C)c2ccc(C(=O)NCCC(=O)O)s2)ccc1-c1ccc(C(C)(C)C)cc1. The average Bonchev–Trinajstić information content (AvgIpc) is 3.28. The van der Waals surface area contributed by atoms with Gasteiger partial charge in [0.05, 0.1) is 11.3 Å². The fourth-order valence-electron chi connectivity index (χ4n) is 4.12. The van der Waals surface area contributed by atoms with Crippen LogP contribution in [0.1, 0.15) is 86.2 Å². The minimum absolute atomic E-state index is 0.0162. The number of rotatable bonds is 9. The third kappa shape index (κ3) is 8.19. The molecule has 6 heteroatoms. The highest BCUT2D eigenvalue weighted by atomic mass is 32.1. The number of nitrogens with one attached hydrogen (secondary N) is 1. The zero-order valence-electron chi connectivity index (χ0n) is 23.0. The summed E-state index contributed by atoms with van der Waals surface area (Å²) in [6, 6.07) is 18.7. The number of ether oxygens (including phenoxy) is 1. The highest BCUT2D eigenvalue weighted by Gasteiger charge is 2.25. The Labute approximate surface area is 224 Å². The maximum Gasteiger partial charge on any atom is 0.305 e. The van der Waals surface area contributed by atoms with Gasteiger partial charge in [0, 0.05) is 11.4 Å². The van der Waals surface area contributed by atoms with Crippen molar-refractivity contribution in [2.75, 3.05) is 6.54 Å². The van der Waals surface area contributed by atoms with Gasteiger partial charge in [-0.1, -0.05) is 71.9 Å². The van der Waals surface area contributed by atoms with Crippen LogP contribution in [0.4, 0.5) is 0 Å². The number of hydrogen-bond acceptors (Lipinski definition) is 4. The highest BCUT2D eigenvalue weighted by molar-refractivity contribution is 7.14. The van der Waals surface area contributed by atoms with Crippen molar-refractivity contribution in [2.24, 2.45) is 5.41 Å². The Morgan fingerprint density at radius 2 is 1.65 bits per heavy atom. The third-order valence-corrected chi connectivity index (χ3v) is 7.30. The largest absolute Gasteiger partial charge is 0.485 e. The van der Waals surface area contributed by atoms with Crippen LogP contribution in [0.5, 0.6) is 5.75 Å². The Morgan fingerprint density at radius 1 is 0.973 bits per heavy atom. The monoisotopic (exact) mass is 521 g/mol. The first-order valence-electron chi connectivity index (χ1n) is 12.7. The van der Waals surface area contributed by atoms with E-state index in [9.17, 15) is 9.59 Å². The molecular formula is C31H39NO4S. The van der Waals surface area contributed by atoms with Gasteiger partial charge in [-0.2, -0.15) is 0 Å². The standard InChI is InChI=1S/C31H39NO4S/c1-20-18-23(12-13-24(20)21-8-10-22(11-9-21)31(5,6)7)36-25(19-30(2,3)4)26-14-15-27(37-26)29(35)32-17-16-28(33)34/h8-15,18,25H,16-17,19H2,1-7H3,(H,32,35)(H,33,34)/t25-/m1/s1. The zero-order chi connectivity index (χ0) is 27.4. The number of aryl methyl sites for hydroxylation is 1. The van der Waals surface area contributed by atoms with Crippen molar-refractivity contribution in [3.63, 3.8) is 0 Å². The van der Waals surface area contributed by atoms with Crippen molar-refractivity contribution >= 4 is 23.2 Å². The summed E-state index contributed by atoms with van der Waals surface area (Å²) in [5, 5.41) is 11.5. The molecule has 0 bridgehead atoms. The lowest BCUT2D eigenvalue weighted by Gasteiger charge is -2.26. The number of aliphatic carboxylic acids is 1. The van der Waals surface area contributed by atoms with E-state index < -0.39 is 5.97 Å². The quantitative estimate of drug-likeness (QED) is 0.301. The molecule has 198 valence electrons. The summed E-state index contributed by atoms with van der Waals surface area (Å²) in [6.07, 6.45) is 0.472. The molecular weight excluding hydrogens is 482 g/mol. The Hall–Kier alpha value is -3.12. The van der Waals surface area contributed by atoms with Crippen molar-refractivity contribution < 1.29 is 19.4 Å². The summed E-state index contributed by atoms with van der Waals surface area (Å²) in [6.45, 7) is 15.4. The number of carbonyl (C=O) groups excluding carboxylic acids is 1. The lowest BCUT2D eigenvalue weighted by molar-refractivity contribution is -0.136. The number of carboxylic acid groups (broad SMARTS) is 1. The van der Waals surface area contributed by atoms with Gasteiger partial charge in [-0.05, 0) is 70.7 Å². The van der Waals surface area contributed by atoms with Crippen molar-refractivity contribution in [1.82, 2.24) is 5.32 Å². The maximum absolute atomic E-state index is 12.5. The molecule has 3 aromatic rings. The molecule has 0 aliphatic heterocycles. The molecule has 5 nitrogen and oxygen atoms in total. The molecule has 0 spiro atoms. The van der Waals surface area contributed by atoms with Crippen molar-refractivity contribution in [1.29, 1.82) is 0 Å².